The molecule has 1 aromatic heterocycles. The molecule has 0 unspecified atom stereocenters. The van der Waals surface area contributed by atoms with Crippen LogP contribution in [0.4, 0.5) is 0 Å². The first-order valence-corrected chi connectivity index (χ1v) is 7.99. The van der Waals surface area contributed by atoms with Gasteiger partial charge < -0.3 is 10.3 Å². The first kappa shape index (κ1) is 15.3. The van der Waals surface area contributed by atoms with Crippen molar-refractivity contribution < 1.29 is 4.79 Å². The van der Waals surface area contributed by atoms with Gasteiger partial charge in [0.2, 0.25) is 0 Å². The van der Waals surface area contributed by atoms with Crippen molar-refractivity contribution in [2.75, 3.05) is 0 Å². The van der Waals surface area contributed by atoms with Crippen LogP contribution < -0.4 is 11.3 Å². The number of unbranched alkanes of at least 4 members (excludes halogenated alkanes) is 2. The lowest BCUT2D eigenvalue weighted by Crippen LogP contribution is -2.24. The number of hydrogen-bond donors (Lipinski definition) is 1. The maximum absolute atomic E-state index is 12.9. The molecule has 0 aliphatic carbocycles. The van der Waals surface area contributed by atoms with Crippen LogP contribution in [0.25, 0.3) is 21.7 Å². The predicted octanol–water partition coefficient (Wildman–Crippen LogP) is 3.44. The lowest BCUT2D eigenvalue weighted by Gasteiger charge is -2.15. The van der Waals surface area contributed by atoms with Gasteiger partial charge in [-0.2, -0.15) is 0 Å². The number of aryl methyl sites for hydroxylation is 1. The first-order valence-electron chi connectivity index (χ1n) is 7.99. The molecule has 3 aromatic rings. The number of amides is 1. The van der Waals surface area contributed by atoms with E-state index in [0.29, 0.717) is 23.0 Å². The molecule has 2 N–H and O–H groups in total. The van der Waals surface area contributed by atoms with Crippen molar-refractivity contribution in [3.05, 3.63) is 58.4 Å². The number of carbonyl (C=O) groups excluding carboxylic acids is 1. The molecule has 0 spiro atoms. The molecule has 1 heterocycles. The van der Waals surface area contributed by atoms with Crippen molar-refractivity contribution in [3.63, 3.8) is 0 Å². The van der Waals surface area contributed by atoms with Crippen molar-refractivity contribution in [1.29, 1.82) is 0 Å². The molecule has 2 aromatic carbocycles. The highest BCUT2D eigenvalue weighted by atomic mass is 16.1. The van der Waals surface area contributed by atoms with E-state index in [1.54, 1.807) is 10.6 Å². The summed E-state index contributed by atoms with van der Waals surface area (Å²) >= 11 is 0. The summed E-state index contributed by atoms with van der Waals surface area (Å²) in [6.07, 6.45) is 3.01. The molecule has 0 bridgehead atoms. The number of pyridine rings is 1. The molecule has 0 saturated carbocycles. The Morgan fingerprint density at radius 3 is 2.39 bits per heavy atom. The van der Waals surface area contributed by atoms with Gasteiger partial charge in [0.25, 0.3) is 11.5 Å². The summed E-state index contributed by atoms with van der Waals surface area (Å²) in [5, 5.41) is 2.44. The van der Waals surface area contributed by atoms with Gasteiger partial charge in [0, 0.05) is 17.3 Å². The zero-order chi connectivity index (χ0) is 16.4. The van der Waals surface area contributed by atoms with Gasteiger partial charge in [-0.1, -0.05) is 50.1 Å². The Morgan fingerprint density at radius 2 is 1.70 bits per heavy atom. The zero-order valence-electron chi connectivity index (χ0n) is 13.2. The number of nitrogens with zero attached hydrogens (tertiary/aromatic N) is 1. The highest BCUT2D eigenvalue weighted by Crippen LogP contribution is 2.25. The van der Waals surface area contributed by atoms with Gasteiger partial charge in [0.05, 0.1) is 11.1 Å². The Bertz CT molecular complexity index is 941. The van der Waals surface area contributed by atoms with Gasteiger partial charge in [0.15, 0.2) is 0 Å². The van der Waals surface area contributed by atoms with Gasteiger partial charge in [0.1, 0.15) is 0 Å². The Labute approximate surface area is 134 Å². The van der Waals surface area contributed by atoms with Crippen molar-refractivity contribution in [2.45, 2.75) is 32.7 Å². The van der Waals surface area contributed by atoms with Crippen LogP contribution in [0.1, 0.15) is 36.5 Å². The highest BCUT2D eigenvalue weighted by Gasteiger charge is 2.15. The number of carbonyl (C=O) groups is 1. The van der Waals surface area contributed by atoms with E-state index in [0.717, 1.165) is 30.0 Å². The summed E-state index contributed by atoms with van der Waals surface area (Å²) in [5.41, 5.74) is 6.54. The van der Waals surface area contributed by atoms with Crippen LogP contribution in [0.15, 0.2) is 47.3 Å². The van der Waals surface area contributed by atoms with E-state index in [-0.39, 0.29) is 5.56 Å². The molecule has 4 heteroatoms. The number of primary amides is 1. The van der Waals surface area contributed by atoms with E-state index in [4.69, 9.17) is 5.73 Å². The lowest BCUT2D eigenvalue weighted by molar-refractivity contribution is 0.100. The molecule has 0 aliphatic rings. The second-order valence-electron chi connectivity index (χ2n) is 5.78. The number of benzene rings is 2. The van der Waals surface area contributed by atoms with Crippen LogP contribution in [0.2, 0.25) is 0 Å². The molecule has 0 saturated heterocycles. The molecular formula is C19H20N2O2. The third kappa shape index (κ3) is 2.61. The smallest absolute Gasteiger partial charge is 0.258 e. The van der Waals surface area contributed by atoms with Crippen LogP contribution in [0.3, 0.4) is 0 Å². The van der Waals surface area contributed by atoms with Gasteiger partial charge in [-0.05, 0) is 23.9 Å². The second-order valence-corrected chi connectivity index (χ2v) is 5.78. The number of para-hydroxylation sites is 1. The molecular weight excluding hydrogens is 288 g/mol. The van der Waals surface area contributed by atoms with Crippen molar-refractivity contribution in [1.82, 2.24) is 4.57 Å². The van der Waals surface area contributed by atoms with Crippen LogP contribution in [0, 0.1) is 0 Å². The molecule has 0 aliphatic heterocycles. The summed E-state index contributed by atoms with van der Waals surface area (Å²) in [6, 6.07) is 13.0. The topological polar surface area (TPSA) is 65.1 Å². The average molecular weight is 308 g/mol. The molecule has 1 amide bonds. The van der Waals surface area contributed by atoms with E-state index >= 15 is 0 Å². The van der Waals surface area contributed by atoms with Crippen LogP contribution in [-0.2, 0) is 6.54 Å². The van der Waals surface area contributed by atoms with E-state index in [9.17, 15) is 9.59 Å². The summed E-state index contributed by atoms with van der Waals surface area (Å²) < 4.78 is 1.72. The second kappa shape index (κ2) is 6.24. The van der Waals surface area contributed by atoms with E-state index in [1.807, 2.05) is 36.4 Å². The Morgan fingerprint density at radius 1 is 1.00 bits per heavy atom. The van der Waals surface area contributed by atoms with Crippen molar-refractivity contribution in [2.24, 2.45) is 5.73 Å². The number of fused-ring (bicyclic) bond motifs is 3. The Kier molecular flexibility index (Phi) is 4.15. The fraction of sp³-hybridized carbons (Fsp3) is 0.263. The molecule has 118 valence electrons. The standard InChI is InChI=1S/C19H20N2O2/c1-2-3-6-12-21-17-14(10-7-11-16(17)18(20)22)13-8-4-5-9-15(13)19(21)23/h4-5,7-11H,2-3,6,12H2,1H3,(H2,20,22). The number of rotatable bonds is 5. The molecule has 0 atom stereocenters. The van der Waals surface area contributed by atoms with Gasteiger partial charge in [-0.15, -0.1) is 0 Å². The summed E-state index contributed by atoms with van der Waals surface area (Å²) in [7, 11) is 0. The SMILES string of the molecule is CCCCCn1c(=O)c2ccccc2c2cccc(C(N)=O)c21. The maximum Gasteiger partial charge on any atom is 0.258 e. The average Bonchev–Trinajstić information content (AvgIpc) is 2.57. The van der Waals surface area contributed by atoms with Crippen LogP contribution in [-0.4, -0.2) is 10.5 Å². The highest BCUT2D eigenvalue weighted by molar-refractivity contribution is 6.13. The zero-order valence-corrected chi connectivity index (χ0v) is 13.2. The molecule has 23 heavy (non-hydrogen) atoms. The number of aromatic nitrogens is 1. The molecule has 0 fully saturated rings. The van der Waals surface area contributed by atoms with Crippen molar-refractivity contribution >= 4 is 27.6 Å². The Balaban J connectivity index is 2.42. The third-order valence-electron chi connectivity index (χ3n) is 4.25. The minimum atomic E-state index is -0.505. The lowest BCUT2D eigenvalue weighted by atomic mass is 10.0. The predicted molar refractivity (Wildman–Crippen MR) is 93.8 cm³/mol. The van der Waals surface area contributed by atoms with E-state index in [1.165, 1.54) is 0 Å². The molecule has 3 rings (SSSR count). The first-order chi connectivity index (χ1) is 11.1. The summed E-state index contributed by atoms with van der Waals surface area (Å²) in [5.74, 6) is -0.505. The monoisotopic (exact) mass is 308 g/mol. The van der Waals surface area contributed by atoms with Crippen molar-refractivity contribution in [3.8, 4) is 0 Å². The maximum atomic E-state index is 12.9. The fourth-order valence-electron chi connectivity index (χ4n) is 3.14. The molecule has 0 radical (unpaired) electrons. The Hall–Kier alpha value is -2.62. The summed E-state index contributed by atoms with van der Waals surface area (Å²) in [6.45, 7) is 2.72. The van der Waals surface area contributed by atoms with E-state index < -0.39 is 5.91 Å². The summed E-state index contributed by atoms with van der Waals surface area (Å²) in [4.78, 5) is 24.8. The van der Waals surface area contributed by atoms with Crippen LogP contribution >= 0.6 is 0 Å². The van der Waals surface area contributed by atoms with Gasteiger partial charge in [-0.3, -0.25) is 9.59 Å². The third-order valence-corrected chi connectivity index (χ3v) is 4.25. The fourth-order valence-corrected chi connectivity index (χ4v) is 3.14. The normalized spacial score (nSPS) is 11.2. The number of nitrogens with two attached hydrogens (primary N) is 1. The largest absolute Gasteiger partial charge is 0.366 e. The van der Waals surface area contributed by atoms with Crippen LogP contribution in [0.5, 0.6) is 0 Å². The molecule has 4 nitrogen and oxygen atoms in total. The van der Waals surface area contributed by atoms with Gasteiger partial charge >= 0.3 is 0 Å². The minimum absolute atomic E-state index is 0.0575. The minimum Gasteiger partial charge on any atom is -0.366 e. The quantitative estimate of drug-likeness (QED) is 0.579. The van der Waals surface area contributed by atoms with E-state index in [2.05, 4.69) is 6.92 Å². The number of hydrogen-bond acceptors (Lipinski definition) is 2. The van der Waals surface area contributed by atoms with Gasteiger partial charge in [-0.25, -0.2) is 0 Å².